The van der Waals surface area contributed by atoms with Crippen LogP contribution in [-0.2, 0) is 0 Å². The number of nitrogens with two attached hydrogens (primary N) is 1. The van der Waals surface area contributed by atoms with Gasteiger partial charge in [-0.15, -0.1) is 0 Å². The lowest BCUT2D eigenvalue weighted by Gasteiger charge is -2.41. The fraction of sp³-hybridized carbons (Fsp3) is 0.917. The first kappa shape index (κ1) is 11.9. The lowest BCUT2D eigenvalue weighted by molar-refractivity contribution is 0.0720. The number of nitrogens with zero attached hydrogens (tertiary/aromatic N) is 2. The first-order valence-corrected chi connectivity index (χ1v) is 6.51. The molecule has 0 bridgehead atoms. The predicted molar refractivity (Wildman–Crippen MR) is 66.8 cm³/mol. The van der Waals surface area contributed by atoms with Gasteiger partial charge in [-0.05, 0) is 25.8 Å². The van der Waals surface area contributed by atoms with Crippen LogP contribution in [0.2, 0.25) is 0 Å². The minimum Gasteiger partial charge on any atom is -0.388 e. The Morgan fingerprint density at radius 3 is 2.94 bits per heavy atom. The van der Waals surface area contributed by atoms with Gasteiger partial charge in [-0.25, -0.2) is 0 Å². The van der Waals surface area contributed by atoms with Crippen molar-refractivity contribution in [1.29, 1.82) is 5.41 Å². The zero-order valence-electron chi connectivity index (χ0n) is 10.3. The Balaban J connectivity index is 1.91. The molecule has 0 aromatic rings. The van der Waals surface area contributed by atoms with Crippen molar-refractivity contribution in [2.75, 3.05) is 26.2 Å². The molecule has 4 heteroatoms. The average molecular weight is 224 g/mol. The highest BCUT2D eigenvalue weighted by molar-refractivity contribution is 5.77. The molecule has 2 rings (SSSR count). The van der Waals surface area contributed by atoms with E-state index in [2.05, 4.69) is 16.7 Å². The average Bonchev–Trinajstić information content (AvgIpc) is 2.72. The Hall–Kier alpha value is -0.610. The summed E-state index contributed by atoms with van der Waals surface area (Å²) in [4.78, 5) is 5.17. The molecular formula is C12H24N4. The van der Waals surface area contributed by atoms with Crippen molar-refractivity contribution in [2.24, 2.45) is 5.73 Å². The summed E-state index contributed by atoms with van der Waals surface area (Å²) in [7, 11) is 0. The summed E-state index contributed by atoms with van der Waals surface area (Å²) < 4.78 is 0. The lowest BCUT2D eigenvalue weighted by atomic mass is 10.0. The molecule has 2 saturated heterocycles. The van der Waals surface area contributed by atoms with E-state index in [0.717, 1.165) is 25.4 Å². The van der Waals surface area contributed by atoms with Gasteiger partial charge in [0.15, 0.2) is 0 Å². The smallest absolute Gasteiger partial charge is 0.0921 e. The topological polar surface area (TPSA) is 56.4 Å². The highest BCUT2D eigenvalue weighted by Crippen LogP contribution is 2.23. The highest BCUT2D eigenvalue weighted by atomic mass is 15.3. The second-order valence-electron chi connectivity index (χ2n) is 5.12. The van der Waals surface area contributed by atoms with Crippen molar-refractivity contribution >= 4 is 5.84 Å². The number of fused-ring (bicyclic) bond motifs is 1. The van der Waals surface area contributed by atoms with Crippen LogP contribution in [0.4, 0.5) is 0 Å². The molecule has 2 aliphatic rings. The van der Waals surface area contributed by atoms with E-state index in [-0.39, 0.29) is 0 Å². The zero-order valence-corrected chi connectivity index (χ0v) is 10.3. The predicted octanol–water partition coefficient (Wildman–Crippen LogP) is 0.871. The summed E-state index contributed by atoms with van der Waals surface area (Å²) in [6.45, 7) is 7.05. The Morgan fingerprint density at radius 2 is 2.25 bits per heavy atom. The highest BCUT2D eigenvalue weighted by Gasteiger charge is 2.32. The van der Waals surface area contributed by atoms with Gasteiger partial charge in [0.2, 0.25) is 0 Å². The fourth-order valence-electron chi connectivity index (χ4n) is 3.13. The summed E-state index contributed by atoms with van der Waals surface area (Å²) in [6.07, 6.45) is 4.56. The molecular weight excluding hydrogens is 200 g/mol. The van der Waals surface area contributed by atoms with E-state index in [1.54, 1.807) is 0 Å². The molecule has 0 aromatic heterocycles. The van der Waals surface area contributed by atoms with Gasteiger partial charge in [-0.3, -0.25) is 15.2 Å². The van der Waals surface area contributed by atoms with Gasteiger partial charge in [0.1, 0.15) is 0 Å². The summed E-state index contributed by atoms with van der Waals surface area (Å²) in [5.74, 6) is 0.334. The molecule has 0 amide bonds. The Kier molecular flexibility index (Phi) is 3.82. The van der Waals surface area contributed by atoms with Crippen molar-refractivity contribution in [3.63, 3.8) is 0 Å². The summed E-state index contributed by atoms with van der Waals surface area (Å²) in [5, 5.41) is 7.43. The number of piperazine rings is 1. The van der Waals surface area contributed by atoms with Crippen LogP contribution >= 0.6 is 0 Å². The third-order valence-corrected chi connectivity index (χ3v) is 4.06. The van der Waals surface area contributed by atoms with Gasteiger partial charge in [0, 0.05) is 38.1 Å². The van der Waals surface area contributed by atoms with Crippen molar-refractivity contribution in [3.05, 3.63) is 0 Å². The molecule has 0 aromatic carbocycles. The molecule has 92 valence electrons. The Morgan fingerprint density at radius 1 is 1.44 bits per heavy atom. The van der Waals surface area contributed by atoms with Crippen LogP contribution in [0.15, 0.2) is 0 Å². The first-order chi connectivity index (χ1) is 7.70. The summed E-state index contributed by atoms with van der Waals surface area (Å²) in [6, 6.07) is 1.26. The zero-order chi connectivity index (χ0) is 11.5. The third kappa shape index (κ3) is 2.55. The van der Waals surface area contributed by atoms with Crippen molar-refractivity contribution in [1.82, 2.24) is 9.80 Å². The largest absolute Gasteiger partial charge is 0.388 e. The van der Waals surface area contributed by atoms with E-state index in [1.165, 1.54) is 32.5 Å². The maximum absolute atomic E-state index is 7.43. The van der Waals surface area contributed by atoms with Gasteiger partial charge in [0.25, 0.3) is 0 Å². The van der Waals surface area contributed by atoms with Crippen LogP contribution in [-0.4, -0.2) is 53.9 Å². The van der Waals surface area contributed by atoms with E-state index in [0.29, 0.717) is 11.9 Å². The third-order valence-electron chi connectivity index (χ3n) is 4.06. The standard InChI is InChI=1S/C12H24N4/c1-2-10(8-12(13)14)16-7-6-15-5-3-4-11(15)9-16/h10-11H,2-9H2,1H3,(H3,13,14). The van der Waals surface area contributed by atoms with Crippen molar-refractivity contribution in [3.8, 4) is 0 Å². The summed E-state index contributed by atoms with van der Waals surface area (Å²) >= 11 is 0. The van der Waals surface area contributed by atoms with Crippen molar-refractivity contribution < 1.29 is 0 Å². The maximum Gasteiger partial charge on any atom is 0.0921 e. The normalized spacial score (nSPS) is 28.9. The summed E-state index contributed by atoms with van der Waals surface area (Å²) in [5.41, 5.74) is 5.53. The monoisotopic (exact) mass is 224 g/mol. The minimum absolute atomic E-state index is 0.334. The van der Waals surface area contributed by atoms with Crippen LogP contribution in [0.3, 0.4) is 0 Å². The van der Waals surface area contributed by atoms with E-state index in [4.69, 9.17) is 11.1 Å². The second kappa shape index (κ2) is 5.15. The maximum atomic E-state index is 7.43. The quantitative estimate of drug-likeness (QED) is 0.550. The Bertz CT molecular complexity index is 253. The van der Waals surface area contributed by atoms with Gasteiger partial charge in [-0.1, -0.05) is 6.92 Å². The number of nitrogens with one attached hydrogen (secondary N) is 1. The van der Waals surface area contributed by atoms with Crippen LogP contribution < -0.4 is 5.73 Å². The molecule has 2 heterocycles. The van der Waals surface area contributed by atoms with Gasteiger partial charge >= 0.3 is 0 Å². The molecule has 2 unspecified atom stereocenters. The second-order valence-corrected chi connectivity index (χ2v) is 5.12. The van der Waals surface area contributed by atoms with Gasteiger partial charge in [-0.2, -0.15) is 0 Å². The molecule has 4 nitrogen and oxygen atoms in total. The Labute approximate surface area is 98.3 Å². The van der Waals surface area contributed by atoms with Crippen LogP contribution in [0.25, 0.3) is 0 Å². The number of hydrogen-bond donors (Lipinski definition) is 2. The molecule has 2 atom stereocenters. The van der Waals surface area contributed by atoms with E-state index < -0.39 is 0 Å². The van der Waals surface area contributed by atoms with E-state index in [1.807, 2.05) is 0 Å². The molecule has 16 heavy (non-hydrogen) atoms. The molecule has 2 aliphatic heterocycles. The molecule has 3 N–H and O–H groups in total. The van der Waals surface area contributed by atoms with E-state index in [9.17, 15) is 0 Å². The van der Waals surface area contributed by atoms with Gasteiger partial charge in [0.05, 0.1) is 5.84 Å². The molecule has 2 fully saturated rings. The SMILES string of the molecule is CCC(CC(=N)N)N1CCN2CCCC2C1. The van der Waals surface area contributed by atoms with Crippen LogP contribution in [0.1, 0.15) is 32.6 Å². The fourth-order valence-corrected chi connectivity index (χ4v) is 3.13. The molecule has 0 radical (unpaired) electrons. The van der Waals surface area contributed by atoms with E-state index >= 15 is 0 Å². The van der Waals surface area contributed by atoms with Crippen molar-refractivity contribution in [2.45, 2.75) is 44.7 Å². The number of amidine groups is 1. The first-order valence-electron chi connectivity index (χ1n) is 6.51. The van der Waals surface area contributed by atoms with Crippen LogP contribution in [0.5, 0.6) is 0 Å². The molecule has 0 aliphatic carbocycles. The minimum atomic E-state index is 0.334. The number of hydrogen-bond acceptors (Lipinski definition) is 3. The molecule has 0 spiro atoms. The van der Waals surface area contributed by atoms with Gasteiger partial charge < -0.3 is 5.73 Å². The van der Waals surface area contributed by atoms with Crippen LogP contribution in [0, 0.1) is 5.41 Å². The lowest BCUT2D eigenvalue weighted by Crippen LogP contribution is -2.53. The molecule has 0 saturated carbocycles. The number of rotatable bonds is 4.